The van der Waals surface area contributed by atoms with Gasteiger partial charge in [0.2, 0.25) is 0 Å². The van der Waals surface area contributed by atoms with E-state index in [1.807, 2.05) is 37.6 Å². The van der Waals surface area contributed by atoms with Crippen LogP contribution in [0, 0.1) is 0 Å². The molecule has 114 valence electrons. The van der Waals surface area contributed by atoms with Gasteiger partial charge in [-0.05, 0) is 28.8 Å². The summed E-state index contributed by atoms with van der Waals surface area (Å²) < 4.78 is 3.73. The van der Waals surface area contributed by atoms with E-state index < -0.39 is 0 Å². The van der Waals surface area contributed by atoms with Crippen LogP contribution < -0.4 is 0 Å². The van der Waals surface area contributed by atoms with E-state index in [4.69, 9.17) is 0 Å². The Morgan fingerprint density at radius 1 is 1.41 bits per heavy atom. The number of tetrazole rings is 1. The molecular weight excluding hydrogens is 318 g/mol. The first-order valence-corrected chi connectivity index (χ1v) is 8.43. The van der Waals surface area contributed by atoms with Crippen LogP contribution in [0.1, 0.15) is 18.0 Å². The molecule has 9 heteroatoms. The first-order valence-electron chi connectivity index (χ1n) is 6.67. The van der Waals surface area contributed by atoms with E-state index in [1.54, 1.807) is 27.8 Å². The highest BCUT2D eigenvalue weighted by Gasteiger charge is 2.20. The maximum Gasteiger partial charge on any atom is 0.192 e. The summed E-state index contributed by atoms with van der Waals surface area (Å²) in [4.78, 5) is 1.09. The summed E-state index contributed by atoms with van der Waals surface area (Å²) in [5.41, 5.74) is 0. The molecule has 0 aliphatic heterocycles. The zero-order valence-electron chi connectivity index (χ0n) is 12.2. The lowest BCUT2D eigenvalue weighted by atomic mass is 10.4. The topological polar surface area (TPSA) is 74.3 Å². The molecule has 0 amide bonds. The maximum atomic E-state index is 4.33. The second-order valence-corrected chi connectivity index (χ2v) is 6.86. The van der Waals surface area contributed by atoms with E-state index in [2.05, 4.69) is 36.9 Å². The van der Waals surface area contributed by atoms with Crippen molar-refractivity contribution in [1.29, 1.82) is 0 Å². The van der Waals surface area contributed by atoms with Gasteiger partial charge in [0.1, 0.15) is 0 Å². The van der Waals surface area contributed by atoms with Gasteiger partial charge >= 0.3 is 0 Å². The van der Waals surface area contributed by atoms with Crippen LogP contribution in [0.3, 0.4) is 0 Å². The smallest absolute Gasteiger partial charge is 0.192 e. The van der Waals surface area contributed by atoms with Crippen molar-refractivity contribution in [2.24, 2.45) is 7.05 Å². The van der Waals surface area contributed by atoms with Crippen molar-refractivity contribution in [3.63, 3.8) is 0 Å². The molecule has 0 saturated carbocycles. The molecule has 3 rings (SSSR count). The number of thiophene rings is 1. The predicted molar refractivity (Wildman–Crippen MR) is 86.6 cm³/mol. The van der Waals surface area contributed by atoms with Crippen LogP contribution >= 0.6 is 23.1 Å². The molecule has 7 nitrogen and oxygen atoms in total. The van der Waals surface area contributed by atoms with Gasteiger partial charge in [0.05, 0.1) is 10.1 Å². The number of nitrogens with zero attached hydrogens (tertiary/aromatic N) is 7. The molecule has 0 aliphatic carbocycles. The lowest BCUT2D eigenvalue weighted by Crippen LogP contribution is -2.04. The molecule has 22 heavy (non-hydrogen) atoms. The third-order valence-corrected chi connectivity index (χ3v) is 5.01. The normalized spacial score (nSPS) is 12.5. The molecule has 0 aromatic carbocycles. The Hall–Kier alpha value is -2.00. The van der Waals surface area contributed by atoms with Gasteiger partial charge in [-0.1, -0.05) is 23.9 Å². The van der Waals surface area contributed by atoms with Crippen molar-refractivity contribution in [1.82, 2.24) is 35.0 Å². The van der Waals surface area contributed by atoms with E-state index in [1.165, 1.54) is 0 Å². The van der Waals surface area contributed by atoms with Crippen LogP contribution in [0.25, 0.3) is 10.7 Å². The van der Waals surface area contributed by atoms with Crippen LogP contribution in [-0.4, -0.2) is 35.0 Å². The van der Waals surface area contributed by atoms with Crippen molar-refractivity contribution < 1.29 is 0 Å². The van der Waals surface area contributed by atoms with Gasteiger partial charge < -0.3 is 0 Å². The minimum absolute atomic E-state index is 0.0731. The Balaban J connectivity index is 1.91. The summed E-state index contributed by atoms with van der Waals surface area (Å²) in [5, 5.41) is 23.2. The van der Waals surface area contributed by atoms with E-state index >= 15 is 0 Å². The zero-order chi connectivity index (χ0) is 15.5. The van der Waals surface area contributed by atoms with Gasteiger partial charge in [-0.2, -0.15) is 0 Å². The van der Waals surface area contributed by atoms with E-state index in [-0.39, 0.29) is 5.25 Å². The van der Waals surface area contributed by atoms with Gasteiger partial charge in [0, 0.05) is 13.6 Å². The third-order valence-electron chi connectivity index (χ3n) is 3.07. The Labute approximate surface area is 136 Å². The summed E-state index contributed by atoms with van der Waals surface area (Å²) >= 11 is 3.23. The van der Waals surface area contributed by atoms with Gasteiger partial charge in [0.25, 0.3) is 0 Å². The first-order chi connectivity index (χ1) is 10.7. The Morgan fingerprint density at radius 3 is 2.91 bits per heavy atom. The second kappa shape index (κ2) is 6.41. The molecule has 0 radical (unpaired) electrons. The molecule has 1 unspecified atom stereocenters. The molecular formula is C13H15N7S2. The lowest BCUT2D eigenvalue weighted by Gasteiger charge is -2.10. The molecule has 3 heterocycles. The molecule has 0 N–H and O–H groups in total. The molecule has 3 aromatic rings. The summed E-state index contributed by atoms with van der Waals surface area (Å²) in [7, 11) is 1.83. The average molecular weight is 333 g/mol. The van der Waals surface area contributed by atoms with E-state index in [9.17, 15) is 0 Å². The number of allylic oxidation sites excluding steroid dienone is 1. The molecule has 1 atom stereocenters. The average Bonchev–Trinajstić information content (AvgIpc) is 3.21. The van der Waals surface area contributed by atoms with Crippen LogP contribution in [0.5, 0.6) is 0 Å². The molecule has 0 aliphatic rings. The summed E-state index contributed by atoms with van der Waals surface area (Å²) in [6.07, 6.45) is 1.85. The zero-order valence-corrected chi connectivity index (χ0v) is 13.9. The van der Waals surface area contributed by atoms with Gasteiger partial charge in [0.15, 0.2) is 16.8 Å². The van der Waals surface area contributed by atoms with Gasteiger partial charge in [-0.3, -0.25) is 4.57 Å². The van der Waals surface area contributed by atoms with Crippen molar-refractivity contribution in [2.75, 3.05) is 0 Å². The predicted octanol–water partition coefficient (Wildman–Crippen LogP) is 2.57. The van der Waals surface area contributed by atoms with Crippen molar-refractivity contribution in [2.45, 2.75) is 23.9 Å². The standard InChI is InChI=1S/C13H15N7S2/c1-4-7-20-12(10-6-5-8-21-10)14-16-13(20)22-9(2)11-15-17-18-19(11)3/h4-6,8-9H,1,7H2,2-3H3. The Bertz CT molecular complexity index is 759. The molecule has 0 fully saturated rings. The van der Waals surface area contributed by atoms with Gasteiger partial charge in [-0.15, -0.1) is 33.2 Å². The summed E-state index contributed by atoms with van der Waals surface area (Å²) in [6.45, 7) is 6.53. The fraction of sp³-hybridized carbons (Fsp3) is 0.308. The largest absolute Gasteiger partial charge is 0.297 e. The van der Waals surface area contributed by atoms with Crippen LogP contribution in [-0.2, 0) is 13.6 Å². The lowest BCUT2D eigenvalue weighted by molar-refractivity contribution is 0.676. The third kappa shape index (κ3) is 2.81. The summed E-state index contributed by atoms with van der Waals surface area (Å²) in [5.74, 6) is 1.66. The van der Waals surface area contributed by atoms with Crippen molar-refractivity contribution in [3.05, 3.63) is 36.0 Å². The quantitative estimate of drug-likeness (QED) is 0.510. The highest BCUT2D eigenvalue weighted by Crippen LogP contribution is 2.34. The number of hydrogen-bond donors (Lipinski definition) is 0. The fourth-order valence-corrected chi connectivity index (χ4v) is 3.76. The number of aryl methyl sites for hydroxylation is 1. The highest BCUT2D eigenvalue weighted by molar-refractivity contribution is 7.99. The van der Waals surface area contributed by atoms with Crippen molar-refractivity contribution >= 4 is 23.1 Å². The Morgan fingerprint density at radius 2 is 2.27 bits per heavy atom. The fourth-order valence-electron chi connectivity index (χ4n) is 2.05. The Kier molecular flexibility index (Phi) is 4.34. The molecule has 0 saturated heterocycles. The van der Waals surface area contributed by atoms with E-state index in [0.717, 1.165) is 21.7 Å². The minimum atomic E-state index is 0.0731. The van der Waals surface area contributed by atoms with Crippen LogP contribution in [0.4, 0.5) is 0 Å². The number of hydrogen-bond acceptors (Lipinski definition) is 7. The van der Waals surface area contributed by atoms with Crippen molar-refractivity contribution in [3.8, 4) is 10.7 Å². The highest BCUT2D eigenvalue weighted by atomic mass is 32.2. The number of aromatic nitrogens is 7. The SMILES string of the molecule is C=CCn1c(SC(C)c2nnnn2C)nnc1-c1cccs1. The molecule has 0 spiro atoms. The van der Waals surface area contributed by atoms with Crippen LogP contribution in [0.15, 0.2) is 35.3 Å². The molecule has 3 aromatic heterocycles. The maximum absolute atomic E-state index is 4.33. The van der Waals surface area contributed by atoms with Gasteiger partial charge in [-0.25, -0.2) is 4.68 Å². The summed E-state index contributed by atoms with van der Waals surface area (Å²) in [6, 6.07) is 4.05. The first kappa shape index (κ1) is 14.9. The monoisotopic (exact) mass is 333 g/mol. The van der Waals surface area contributed by atoms with Crippen LogP contribution in [0.2, 0.25) is 0 Å². The molecule has 0 bridgehead atoms. The second-order valence-electron chi connectivity index (χ2n) is 4.60. The number of rotatable bonds is 6. The van der Waals surface area contributed by atoms with E-state index in [0.29, 0.717) is 6.54 Å². The number of thioether (sulfide) groups is 1. The minimum Gasteiger partial charge on any atom is -0.297 e.